The van der Waals surface area contributed by atoms with Gasteiger partial charge in [0.25, 0.3) is 0 Å². The molecule has 0 aromatic heterocycles. The zero-order valence-electron chi connectivity index (χ0n) is 27.1. The van der Waals surface area contributed by atoms with Gasteiger partial charge in [0.1, 0.15) is 29.2 Å². The van der Waals surface area contributed by atoms with E-state index >= 15 is 0 Å². The Kier molecular flexibility index (Phi) is 10.5. The van der Waals surface area contributed by atoms with Crippen LogP contribution < -0.4 is 9.47 Å². The summed E-state index contributed by atoms with van der Waals surface area (Å²) in [5.41, 5.74) is 7.41. The molecule has 6 nitrogen and oxygen atoms in total. The van der Waals surface area contributed by atoms with Crippen molar-refractivity contribution in [3.63, 3.8) is 0 Å². The van der Waals surface area contributed by atoms with Crippen molar-refractivity contribution in [1.82, 2.24) is 0 Å². The molecule has 0 N–H and O–H groups in total. The first-order valence-corrected chi connectivity index (χ1v) is 18.1. The molecule has 3 aromatic carbocycles. The van der Waals surface area contributed by atoms with Crippen LogP contribution in [0.3, 0.4) is 0 Å². The highest BCUT2D eigenvalue weighted by Gasteiger charge is 2.33. The van der Waals surface area contributed by atoms with E-state index in [-0.39, 0.29) is 29.3 Å². The van der Waals surface area contributed by atoms with Gasteiger partial charge in [0.05, 0.1) is 25.9 Å². The quantitative estimate of drug-likeness (QED) is 0.132. The minimum atomic E-state index is -0.323. The summed E-state index contributed by atoms with van der Waals surface area (Å²) in [6.07, 6.45) is 10.4. The monoisotopic (exact) mass is 672 g/mol. The Morgan fingerprint density at radius 2 is 1.10 bits per heavy atom. The van der Waals surface area contributed by atoms with E-state index in [9.17, 15) is 20.1 Å². The molecule has 0 spiro atoms. The second-order valence-corrected chi connectivity index (χ2v) is 14.5. The van der Waals surface area contributed by atoms with Gasteiger partial charge < -0.3 is 9.47 Å². The van der Waals surface area contributed by atoms with E-state index < -0.39 is 0 Å². The number of thioether (sulfide) groups is 2. The van der Waals surface area contributed by atoms with Crippen LogP contribution in [0.15, 0.2) is 92.4 Å². The minimum absolute atomic E-state index is 0.0374. The lowest BCUT2D eigenvalue weighted by atomic mass is 9.86. The first kappa shape index (κ1) is 33.4. The molecule has 8 heteroatoms. The summed E-state index contributed by atoms with van der Waals surface area (Å²) in [6.45, 7) is 4.28. The number of nitriles is 2. The molecule has 0 saturated carbocycles. The fourth-order valence-electron chi connectivity index (χ4n) is 6.22. The third-order valence-electron chi connectivity index (χ3n) is 9.23. The van der Waals surface area contributed by atoms with Gasteiger partial charge >= 0.3 is 11.9 Å². The molecular formula is C40H36N2O4S2. The maximum Gasteiger partial charge on any atom is 0.314 e. The van der Waals surface area contributed by atoms with Crippen molar-refractivity contribution < 1.29 is 19.1 Å². The molecule has 0 fully saturated rings. The molecular weight excluding hydrogens is 637 g/mol. The predicted octanol–water partition coefficient (Wildman–Crippen LogP) is 9.85. The van der Waals surface area contributed by atoms with Crippen LogP contribution in [-0.4, -0.2) is 11.9 Å². The summed E-state index contributed by atoms with van der Waals surface area (Å²) in [5, 5.41) is 19.1. The van der Waals surface area contributed by atoms with Gasteiger partial charge in [-0.15, -0.1) is 0 Å². The Labute approximate surface area is 290 Å². The molecule has 48 heavy (non-hydrogen) atoms. The fraction of sp³-hybridized carbons (Fsp3) is 0.300. The molecule has 0 radical (unpaired) electrons. The molecule has 2 aliphatic carbocycles. The Morgan fingerprint density at radius 1 is 0.688 bits per heavy atom. The van der Waals surface area contributed by atoms with Crippen molar-refractivity contribution in [3.05, 3.63) is 105 Å². The number of esters is 2. The van der Waals surface area contributed by atoms with E-state index in [1.807, 2.05) is 12.1 Å². The van der Waals surface area contributed by atoms with E-state index in [0.29, 0.717) is 51.2 Å². The summed E-state index contributed by atoms with van der Waals surface area (Å²) < 4.78 is 12.4. The number of ether oxygens (including phenoxy) is 2. The average Bonchev–Trinajstić information content (AvgIpc) is 3.59. The number of carbonyl (C=O) groups excluding carboxylic acids is 2. The second-order valence-electron chi connectivity index (χ2n) is 12.2. The lowest BCUT2D eigenvalue weighted by Gasteiger charge is -2.22. The Bertz CT molecular complexity index is 1770. The van der Waals surface area contributed by atoms with Gasteiger partial charge in [-0.25, -0.2) is 0 Å². The molecule has 2 unspecified atom stereocenters. The number of allylic oxidation sites excluding steroid dienone is 5. The number of aryl methyl sites for hydroxylation is 2. The lowest BCUT2D eigenvalue weighted by molar-refractivity contribution is -0.140. The normalized spacial score (nSPS) is 18.5. The summed E-state index contributed by atoms with van der Waals surface area (Å²) in [6, 6.07) is 24.4. The maximum atomic E-state index is 13.4. The van der Waals surface area contributed by atoms with Gasteiger partial charge in [-0.3, -0.25) is 9.59 Å². The highest BCUT2D eigenvalue weighted by Crippen LogP contribution is 2.59. The van der Waals surface area contributed by atoms with Crippen molar-refractivity contribution in [2.24, 2.45) is 11.8 Å². The molecule has 0 amide bonds. The molecule has 3 aromatic rings. The predicted molar refractivity (Wildman–Crippen MR) is 190 cm³/mol. The molecule has 6 rings (SSSR count). The number of nitrogens with zero attached hydrogens (tertiary/aromatic N) is 2. The van der Waals surface area contributed by atoms with Crippen LogP contribution in [0.5, 0.6) is 11.5 Å². The number of benzene rings is 3. The van der Waals surface area contributed by atoms with Gasteiger partial charge in [-0.2, -0.15) is 10.5 Å². The summed E-state index contributed by atoms with van der Waals surface area (Å²) in [7, 11) is 0. The first-order valence-electron chi connectivity index (χ1n) is 16.5. The summed E-state index contributed by atoms with van der Waals surface area (Å²) in [4.78, 5) is 27.9. The smallest absolute Gasteiger partial charge is 0.314 e. The summed E-state index contributed by atoms with van der Waals surface area (Å²) in [5.74, 6) is -0.543. The molecule has 0 bridgehead atoms. The van der Waals surface area contributed by atoms with Gasteiger partial charge in [0.15, 0.2) is 0 Å². The van der Waals surface area contributed by atoms with Gasteiger partial charge in [0.2, 0.25) is 0 Å². The molecule has 2 atom stereocenters. The van der Waals surface area contributed by atoms with E-state index in [1.165, 1.54) is 56.9 Å². The van der Waals surface area contributed by atoms with E-state index in [0.717, 1.165) is 25.7 Å². The van der Waals surface area contributed by atoms with Gasteiger partial charge in [0, 0.05) is 0 Å². The molecule has 3 aliphatic rings. The van der Waals surface area contributed by atoms with Crippen LogP contribution in [0, 0.1) is 34.5 Å². The third-order valence-corrected chi connectivity index (χ3v) is 11.9. The topological polar surface area (TPSA) is 100 Å². The minimum Gasteiger partial charge on any atom is -0.425 e. The second kappa shape index (κ2) is 15.2. The number of rotatable bonds is 8. The Balaban J connectivity index is 1.16. The average molecular weight is 673 g/mol. The SMILES string of the molecule is CCc1ccc(C2=CCC(C(=O)Oc3ccc(OC(=O)C4CC=C(c5ccc(CC)cc5)CC4)c4c3SC(=C(C#N)C#N)S4)CC2)cc1. The van der Waals surface area contributed by atoms with E-state index in [1.54, 1.807) is 12.1 Å². The van der Waals surface area contributed by atoms with Crippen molar-refractivity contribution in [1.29, 1.82) is 10.5 Å². The van der Waals surface area contributed by atoms with Crippen LogP contribution in [0.25, 0.3) is 11.1 Å². The van der Waals surface area contributed by atoms with Gasteiger partial charge in [-0.1, -0.05) is 98.1 Å². The zero-order valence-corrected chi connectivity index (χ0v) is 28.7. The lowest BCUT2D eigenvalue weighted by Crippen LogP contribution is -2.23. The van der Waals surface area contributed by atoms with Crippen molar-refractivity contribution in [3.8, 4) is 23.6 Å². The highest BCUT2D eigenvalue weighted by molar-refractivity contribution is 8.24. The van der Waals surface area contributed by atoms with Crippen LogP contribution >= 0.6 is 23.5 Å². The number of carbonyl (C=O) groups is 2. The van der Waals surface area contributed by atoms with Crippen molar-refractivity contribution >= 4 is 46.6 Å². The molecule has 242 valence electrons. The molecule has 1 aliphatic heterocycles. The van der Waals surface area contributed by atoms with Gasteiger partial charge in [-0.05, 0) is 96.9 Å². The van der Waals surface area contributed by atoms with Crippen LogP contribution in [0.2, 0.25) is 0 Å². The molecule has 1 heterocycles. The van der Waals surface area contributed by atoms with E-state index in [4.69, 9.17) is 9.47 Å². The summed E-state index contributed by atoms with van der Waals surface area (Å²) >= 11 is 2.39. The van der Waals surface area contributed by atoms with Crippen LogP contribution in [0.4, 0.5) is 0 Å². The zero-order chi connectivity index (χ0) is 33.6. The molecule has 0 saturated heterocycles. The number of hydrogen-bond donors (Lipinski definition) is 0. The van der Waals surface area contributed by atoms with Crippen LogP contribution in [-0.2, 0) is 22.4 Å². The van der Waals surface area contributed by atoms with Crippen molar-refractivity contribution in [2.45, 2.75) is 75.0 Å². The van der Waals surface area contributed by atoms with Crippen LogP contribution in [0.1, 0.15) is 74.6 Å². The third kappa shape index (κ3) is 7.31. The first-order chi connectivity index (χ1) is 23.4. The Morgan fingerprint density at radius 3 is 1.44 bits per heavy atom. The maximum absolute atomic E-state index is 13.4. The number of fused-ring (bicyclic) bond motifs is 1. The Hall–Kier alpha value is -4.50. The van der Waals surface area contributed by atoms with E-state index in [2.05, 4.69) is 74.5 Å². The van der Waals surface area contributed by atoms with Crippen molar-refractivity contribution in [2.75, 3.05) is 0 Å². The largest absolute Gasteiger partial charge is 0.425 e. The highest BCUT2D eigenvalue weighted by atomic mass is 32.2. The number of hydrogen-bond acceptors (Lipinski definition) is 8. The fourth-order valence-corrected chi connectivity index (χ4v) is 8.70. The standard InChI is InChI=1S/C40H36N2O4S2/c1-3-25-5-9-27(10-6-25)29-13-17-31(18-14-29)38(43)45-34-21-22-35(37-36(34)47-40(48-37)33(23-41)24-42)46-39(44)32-19-15-30(16-20-32)28-11-7-26(4-2)8-12-28/h5-13,15,21-22,31-32H,3-4,14,16-20H2,1-2H3.